The van der Waals surface area contributed by atoms with Gasteiger partial charge in [-0.25, -0.2) is 4.79 Å². The van der Waals surface area contributed by atoms with Gasteiger partial charge in [0.05, 0.1) is 12.2 Å². The molecule has 0 aliphatic carbocycles. The Balaban J connectivity index is 2.42. The Morgan fingerprint density at radius 2 is 2.06 bits per heavy atom. The maximum atomic E-state index is 11.6. The van der Waals surface area contributed by atoms with E-state index in [-0.39, 0.29) is 5.56 Å². The molecular weight excluding hydrogens is 244 g/mol. The first-order chi connectivity index (χ1) is 8.45. The largest absolute Gasteiger partial charge is 0.394 e. The van der Waals surface area contributed by atoms with Crippen molar-refractivity contribution in [1.82, 2.24) is 9.55 Å². The average molecular weight is 258 g/mol. The first-order valence-electron chi connectivity index (χ1n) is 5.38. The molecule has 0 aromatic carbocycles. The van der Waals surface area contributed by atoms with E-state index in [1.165, 1.54) is 13.2 Å². The molecule has 0 saturated carbocycles. The lowest BCUT2D eigenvalue weighted by atomic mass is 10.0. The van der Waals surface area contributed by atoms with E-state index in [1.54, 1.807) is 0 Å². The van der Waals surface area contributed by atoms with Gasteiger partial charge in [-0.15, -0.1) is 0 Å². The van der Waals surface area contributed by atoms with Crippen LogP contribution in [0.2, 0.25) is 0 Å². The van der Waals surface area contributed by atoms with Crippen LogP contribution in [0.25, 0.3) is 0 Å². The molecule has 1 unspecified atom stereocenters. The normalized spacial score (nSPS) is 31.8. The number of aliphatic hydroxyl groups excluding tert-OH is 3. The first kappa shape index (κ1) is 13.0. The summed E-state index contributed by atoms with van der Waals surface area (Å²) in [7, 11) is 1.43. The van der Waals surface area contributed by atoms with Gasteiger partial charge in [-0.1, -0.05) is 0 Å². The van der Waals surface area contributed by atoms with Crippen LogP contribution in [0.1, 0.15) is 11.7 Å². The summed E-state index contributed by atoms with van der Waals surface area (Å²) in [5, 5.41) is 28.3. The van der Waals surface area contributed by atoms with Crippen molar-refractivity contribution in [3.63, 3.8) is 0 Å². The molecule has 2 heterocycles. The predicted octanol–water partition coefficient (Wildman–Crippen LogP) is -2.77. The fourth-order valence-corrected chi connectivity index (χ4v) is 1.94. The number of hydrogen-bond acceptors (Lipinski definition) is 6. The minimum absolute atomic E-state index is 0.0274. The van der Waals surface area contributed by atoms with Gasteiger partial charge < -0.3 is 24.6 Å². The zero-order chi connectivity index (χ0) is 13.4. The molecule has 1 aromatic heterocycles. The number of aliphatic hydroxyl groups is 3. The van der Waals surface area contributed by atoms with Crippen LogP contribution in [-0.2, 0) is 11.8 Å². The van der Waals surface area contributed by atoms with Crippen LogP contribution in [0.4, 0.5) is 0 Å². The molecule has 100 valence electrons. The van der Waals surface area contributed by atoms with Gasteiger partial charge in [0.25, 0.3) is 5.56 Å². The topological polar surface area (TPSA) is 125 Å². The number of nitrogens with one attached hydrogen (secondary N) is 1. The fraction of sp³-hybridized carbons (Fsp3) is 0.600. The van der Waals surface area contributed by atoms with Crippen LogP contribution < -0.4 is 11.2 Å². The van der Waals surface area contributed by atoms with Crippen molar-refractivity contribution in [2.45, 2.75) is 24.4 Å². The van der Waals surface area contributed by atoms with E-state index in [9.17, 15) is 19.8 Å². The summed E-state index contributed by atoms with van der Waals surface area (Å²) < 4.78 is 6.34. The molecule has 0 radical (unpaired) electrons. The van der Waals surface area contributed by atoms with E-state index in [1.807, 2.05) is 0 Å². The summed E-state index contributed by atoms with van der Waals surface area (Å²) in [5.74, 6) is 0. The smallest absolute Gasteiger partial charge is 0.328 e. The van der Waals surface area contributed by atoms with Crippen molar-refractivity contribution in [2.24, 2.45) is 7.05 Å². The minimum atomic E-state index is -1.33. The molecule has 0 bridgehead atoms. The molecule has 4 N–H and O–H groups in total. The third kappa shape index (κ3) is 1.99. The van der Waals surface area contributed by atoms with E-state index in [2.05, 4.69) is 4.98 Å². The molecule has 1 aliphatic rings. The summed E-state index contributed by atoms with van der Waals surface area (Å²) >= 11 is 0. The van der Waals surface area contributed by atoms with Crippen LogP contribution in [-0.4, -0.2) is 49.8 Å². The Hall–Kier alpha value is -1.48. The van der Waals surface area contributed by atoms with Crippen LogP contribution >= 0.6 is 0 Å². The number of nitrogens with zero attached hydrogens (tertiary/aromatic N) is 1. The van der Waals surface area contributed by atoms with E-state index in [0.717, 1.165) is 4.57 Å². The standard InChI is InChI=1S/C10H14N2O6/c1-12-2-4(9(16)11-10(12)17)8-7(15)6(14)5(3-13)18-8/h2,5-8,13-15H,3H2,1H3,(H,11,16,17)/t5-,6?,7+,8+/m1/s1. The lowest BCUT2D eigenvalue weighted by Gasteiger charge is -2.14. The summed E-state index contributed by atoms with van der Waals surface area (Å²) in [6.45, 7) is -0.474. The molecule has 1 aromatic rings. The molecule has 2 rings (SSSR count). The zero-order valence-electron chi connectivity index (χ0n) is 9.61. The third-order valence-electron chi connectivity index (χ3n) is 2.98. The number of rotatable bonds is 2. The second-order valence-electron chi connectivity index (χ2n) is 4.21. The Morgan fingerprint density at radius 1 is 1.39 bits per heavy atom. The van der Waals surface area contributed by atoms with Crippen LogP contribution in [0.3, 0.4) is 0 Å². The van der Waals surface area contributed by atoms with Crippen LogP contribution in [0, 0.1) is 0 Å². The highest BCUT2D eigenvalue weighted by Gasteiger charge is 2.44. The number of aromatic nitrogens is 2. The molecular formula is C10H14N2O6. The molecule has 0 spiro atoms. The summed E-state index contributed by atoms with van der Waals surface area (Å²) in [6.07, 6.45) is -3.41. The molecule has 1 saturated heterocycles. The van der Waals surface area contributed by atoms with Crippen molar-refractivity contribution in [3.05, 3.63) is 32.6 Å². The zero-order valence-corrected chi connectivity index (χ0v) is 9.61. The highest BCUT2D eigenvalue weighted by Crippen LogP contribution is 2.31. The summed E-state index contributed by atoms with van der Waals surface area (Å²) in [6, 6.07) is 0. The molecule has 1 fully saturated rings. The minimum Gasteiger partial charge on any atom is -0.394 e. The van der Waals surface area contributed by atoms with E-state index in [4.69, 9.17) is 9.84 Å². The van der Waals surface area contributed by atoms with Crippen molar-refractivity contribution in [3.8, 4) is 0 Å². The quantitative estimate of drug-likeness (QED) is 0.455. The van der Waals surface area contributed by atoms with Crippen LogP contribution in [0.15, 0.2) is 15.8 Å². The molecule has 8 heteroatoms. The van der Waals surface area contributed by atoms with Gasteiger partial charge in [-0.3, -0.25) is 9.78 Å². The highest BCUT2D eigenvalue weighted by atomic mass is 16.6. The van der Waals surface area contributed by atoms with Crippen molar-refractivity contribution in [1.29, 1.82) is 0 Å². The predicted molar refractivity (Wildman–Crippen MR) is 59.0 cm³/mol. The van der Waals surface area contributed by atoms with Crippen molar-refractivity contribution < 1.29 is 20.1 Å². The number of aromatic amines is 1. The Kier molecular flexibility index (Phi) is 3.35. The van der Waals surface area contributed by atoms with Gasteiger partial charge in [0.15, 0.2) is 0 Å². The monoisotopic (exact) mass is 258 g/mol. The molecule has 4 atom stereocenters. The Bertz CT molecular complexity index is 550. The van der Waals surface area contributed by atoms with E-state index >= 15 is 0 Å². The number of ether oxygens (including phenoxy) is 1. The maximum Gasteiger partial charge on any atom is 0.328 e. The van der Waals surface area contributed by atoms with Crippen LogP contribution in [0.5, 0.6) is 0 Å². The van der Waals surface area contributed by atoms with Crippen molar-refractivity contribution in [2.75, 3.05) is 6.61 Å². The summed E-state index contributed by atoms with van der Waals surface area (Å²) in [4.78, 5) is 24.9. The Labute approximate surface area is 101 Å². The van der Waals surface area contributed by atoms with E-state index in [0.29, 0.717) is 0 Å². The second-order valence-corrected chi connectivity index (χ2v) is 4.21. The summed E-state index contributed by atoms with van der Waals surface area (Å²) in [5.41, 5.74) is -1.25. The van der Waals surface area contributed by atoms with Gasteiger partial charge in [0.1, 0.15) is 24.4 Å². The highest BCUT2D eigenvalue weighted by molar-refractivity contribution is 5.14. The lowest BCUT2D eigenvalue weighted by Crippen LogP contribution is -2.35. The Morgan fingerprint density at radius 3 is 2.61 bits per heavy atom. The number of hydrogen-bond donors (Lipinski definition) is 4. The van der Waals surface area contributed by atoms with Gasteiger partial charge in [0.2, 0.25) is 0 Å². The second kappa shape index (κ2) is 4.65. The van der Waals surface area contributed by atoms with E-state index < -0.39 is 42.3 Å². The van der Waals surface area contributed by atoms with Gasteiger partial charge in [0, 0.05) is 13.2 Å². The molecule has 18 heavy (non-hydrogen) atoms. The average Bonchev–Trinajstić information content (AvgIpc) is 2.61. The van der Waals surface area contributed by atoms with Gasteiger partial charge in [-0.2, -0.15) is 0 Å². The number of aryl methyl sites for hydroxylation is 1. The maximum absolute atomic E-state index is 11.6. The number of H-pyrrole nitrogens is 1. The molecule has 8 nitrogen and oxygen atoms in total. The third-order valence-corrected chi connectivity index (χ3v) is 2.98. The molecule has 1 aliphatic heterocycles. The van der Waals surface area contributed by atoms with Crippen molar-refractivity contribution >= 4 is 0 Å². The van der Waals surface area contributed by atoms with Gasteiger partial charge >= 0.3 is 5.69 Å². The van der Waals surface area contributed by atoms with Gasteiger partial charge in [-0.05, 0) is 0 Å². The first-order valence-corrected chi connectivity index (χ1v) is 5.38. The SMILES string of the molecule is Cn1cc([C@@H]2O[C@H](CO)C(O)[C@@H]2O)c(=O)[nH]c1=O. The fourth-order valence-electron chi connectivity index (χ4n) is 1.94. The molecule has 0 amide bonds. The lowest BCUT2D eigenvalue weighted by molar-refractivity contribution is -0.0233.